The Hall–Kier alpha value is -1.84. The molecule has 4 fully saturated rings. The number of carboxylic acid groups (broad SMARTS) is 1. The molecule has 134 valence electrons. The zero-order chi connectivity index (χ0) is 17.8. The third-order valence-electron chi connectivity index (χ3n) is 7.12. The van der Waals surface area contributed by atoms with Crippen LogP contribution >= 0.6 is 0 Å². The lowest BCUT2D eigenvalue weighted by atomic mass is 9.41. The highest BCUT2D eigenvalue weighted by Crippen LogP contribution is 2.65. The van der Waals surface area contributed by atoms with Crippen molar-refractivity contribution in [1.29, 1.82) is 0 Å². The van der Waals surface area contributed by atoms with Crippen molar-refractivity contribution in [2.75, 3.05) is 0 Å². The van der Waals surface area contributed by atoms with Gasteiger partial charge in [-0.15, -0.1) is 0 Å². The van der Waals surface area contributed by atoms with Crippen molar-refractivity contribution in [3.63, 3.8) is 0 Å². The maximum absolute atomic E-state index is 11.8. The third kappa shape index (κ3) is 2.57. The number of hydrogen-bond acceptors (Lipinski definition) is 2. The molecule has 4 saturated carbocycles. The summed E-state index contributed by atoms with van der Waals surface area (Å²) in [6.07, 6.45) is 5.30. The molecular weight excluding hydrogens is 314 g/mol. The molecule has 0 saturated heterocycles. The molecule has 4 bridgehead atoms. The number of benzene rings is 1. The molecule has 0 radical (unpaired) electrons. The molecule has 1 aromatic carbocycles. The molecule has 1 amide bonds. The van der Waals surface area contributed by atoms with Gasteiger partial charge in [0.15, 0.2) is 0 Å². The lowest BCUT2D eigenvalue weighted by molar-refractivity contribution is -0.149. The molecule has 0 aromatic heterocycles. The number of hydrogen-bond donors (Lipinski definition) is 2. The van der Waals surface area contributed by atoms with Crippen LogP contribution in [-0.2, 0) is 15.0 Å². The zero-order valence-electron chi connectivity index (χ0n) is 15.0. The predicted octanol–water partition coefficient (Wildman–Crippen LogP) is 3.42. The largest absolute Gasteiger partial charge is 0.481 e. The SMILES string of the molecule is CC(=O)NC12CC3CC(C1)C(CC(=O)O)(c1ccc(C)cc1)C(C3)C2. The highest BCUT2D eigenvalue weighted by Gasteiger charge is 2.63. The van der Waals surface area contributed by atoms with Crippen molar-refractivity contribution in [2.24, 2.45) is 17.8 Å². The Morgan fingerprint density at radius 1 is 1.12 bits per heavy atom. The average Bonchev–Trinajstić information content (AvgIpc) is 2.49. The molecule has 4 aliphatic carbocycles. The molecule has 0 spiro atoms. The summed E-state index contributed by atoms with van der Waals surface area (Å²) in [4.78, 5) is 23.6. The van der Waals surface area contributed by atoms with Crippen LogP contribution in [0.2, 0.25) is 0 Å². The topological polar surface area (TPSA) is 66.4 Å². The van der Waals surface area contributed by atoms with Crippen LogP contribution in [-0.4, -0.2) is 22.5 Å². The van der Waals surface area contributed by atoms with Gasteiger partial charge in [0.05, 0.1) is 6.42 Å². The highest BCUT2D eigenvalue weighted by molar-refractivity contribution is 5.74. The summed E-state index contributed by atoms with van der Waals surface area (Å²) in [6.45, 7) is 3.67. The normalized spacial score (nSPS) is 38.6. The van der Waals surface area contributed by atoms with E-state index in [4.69, 9.17) is 0 Å². The van der Waals surface area contributed by atoms with E-state index in [1.54, 1.807) is 6.92 Å². The average molecular weight is 341 g/mol. The summed E-state index contributed by atoms with van der Waals surface area (Å²) in [6, 6.07) is 8.50. The van der Waals surface area contributed by atoms with E-state index in [1.165, 1.54) is 11.1 Å². The Kier molecular flexibility index (Phi) is 3.71. The minimum atomic E-state index is -0.707. The predicted molar refractivity (Wildman–Crippen MR) is 95.2 cm³/mol. The third-order valence-corrected chi connectivity index (χ3v) is 7.12. The van der Waals surface area contributed by atoms with E-state index in [0.717, 1.165) is 32.1 Å². The quantitative estimate of drug-likeness (QED) is 0.882. The summed E-state index contributed by atoms with van der Waals surface area (Å²) >= 11 is 0. The molecule has 4 aliphatic rings. The number of rotatable bonds is 4. The minimum Gasteiger partial charge on any atom is -0.481 e. The number of nitrogens with one attached hydrogen (secondary N) is 1. The number of amides is 1. The van der Waals surface area contributed by atoms with Gasteiger partial charge in [0, 0.05) is 17.9 Å². The molecule has 2 unspecified atom stereocenters. The monoisotopic (exact) mass is 341 g/mol. The van der Waals surface area contributed by atoms with E-state index in [9.17, 15) is 14.7 Å². The van der Waals surface area contributed by atoms with Gasteiger partial charge in [0.2, 0.25) is 5.91 Å². The van der Waals surface area contributed by atoms with Crippen LogP contribution < -0.4 is 5.32 Å². The summed E-state index contributed by atoms with van der Waals surface area (Å²) in [5.74, 6) is 0.633. The van der Waals surface area contributed by atoms with Crippen molar-refractivity contribution in [1.82, 2.24) is 5.32 Å². The van der Waals surface area contributed by atoms with Crippen LogP contribution in [0.3, 0.4) is 0 Å². The van der Waals surface area contributed by atoms with Gasteiger partial charge in [-0.2, -0.15) is 0 Å². The molecule has 0 heterocycles. The first-order chi connectivity index (χ1) is 11.8. The fraction of sp³-hybridized carbons (Fsp3) is 0.619. The maximum atomic E-state index is 11.8. The van der Waals surface area contributed by atoms with Crippen molar-refractivity contribution >= 4 is 11.9 Å². The van der Waals surface area contributed by atoms with Gasteiger partial charge in [-0.3, -0.25) is 9.59 Å². The van der Waals surface area contributed by atoms with E-state index < -0.39 is 5.97 Å². The van der Waals surface area contributed by atoms with Crippen LogP contribution in [0.25, 0.3) is 0 Å². The summed E-state index contributed by atoms with van der Waals surface area (Å²) in [7, 11) is 0. The first kappa shape index (κ1) is 16.6. The van der Waals surface area contributed by atoms with Gasteiger partial charge in [0.1, 0.15) is 0 Å². The Morgan fingerprint density at radius 3 is 2.24 bits per heavy atom. The second-order valence-electron chi connectivity index (χ2n) is 8.78. The number of carbonyl (C=O) groups is 2. The first-order valence-corrected chi connectivity index (χ1v) is 9.41. The van der Waals surface area contributed by atoms with Gasteiger partial charge in [0.25, 0.3) is 0 Å². The van der Waals surface area contributed by atoms with Gasteiger partial charge >= 0.3 is 5.97 Å². The van der Waals surface area contributed by atoms with Crippen molar-refractivity contribution in [3.8, 4) is 0 Å². The molecule has 5 rings (SSSR count). The second kappa shape index (κ2) is 5.58. The Balaban J connectivity index is 1.77. The van der Waals surface area contributed by atoms with Crippen molar-refractivity contribution in [3.05, 3.63) is 35.4 Å². The van der Waals surface area contributed by atoms with Gasteiger partial charge < -0.3 is 10.4 Å². The Bertz CT molecular complexity index is 692. The highest BCUT2D eigenvalue weighted by atomic mass is 16.4. The van der Waals surface area contributed by atoms with E-state index in [0.29, 0.717) is 17.8 Å². The van der Waals surface area contributed by atoms with Crippen LogP contribution in [0, 0.1) is 24.7 Å². The van der Waals surface area contributed by atoms with E-state index >= 15 is 0 Å². The van der Waals surface area contributed by atoms with E-state index in [1.807, 2.05) is 0 Å². The number of carbonyl (C=O) groups excluding carboxylic acids is 1. The van der Waals surface area contributed by atoms with Gasteiger partial charge in [-0.25, -0.2) is 0 Å². The number of aliphatic carboxylic acids is 1. The molecule has 2 atom stereocenters. The molecule has 25 heavy (non-hydrogen) atoms. The number of carboxylic acids is 1. The maximum Gasteiger partial charge on any atom is 0.304 e. The molecule has 0 aliphatic heterocycles. The van der Waals surface area contributed by atoms with E-state index in [2.05, 4.69) is 36.5 Å². The summed E-state index contributed by atoms with van der Waals surface area (Å²) in [5.41, 5.74) is 2.01. The Labute approximate surface area is 149 Å². The lowest BCUT2D eigenvalue weighted by Gasteiger charge is -2.65. The Morgan fingerprint density at radius 2 is 1.72 bits per heavy atom. The summed E-state index contributed by atoms with van der Waals surface area (Å²) in [5, 5.41) is 13.0. The van der Waals surface area contributed by atoms with Crippen LogP contribution in [0.1, 0.15) is 56.6 Å². The molecule has 4 nitrogen and oxygen atoms in total. The van der Waals surface area contributed by atoms with E-state index in [-0.39, 0.29) is 23.3 Å². The van der Waals surface area contributed by atoms with Crippen molar-refractivity contribution in [2.45, 2.75) is 63.3 Å². The van der Waals surface area contributed by atoms with Crippen LogP contribution in [0.5, 0.6) is 0 Å². The molecular formula is C21H27NO3. The zero-order valence-corrected chi connectivity index (χ0v) is 15.0. The van der Waals surface area contributed by atoms with Gasteiger partial charge in [-0.1, -0.05) is 29.8 Å². The lowest BCUT2D eigenvalue weighted by Crippen LogP contribution is -2.67. The van der Waals surface area contributed by atoms with Crippen LogP contribution in [0.4, 0.5) is 0 Å². The molecule has 2 N–H and O–H groups in total. The van der Waals surface area contributed by atoms with Crippen LogP contribution in [0.15, 0.2) is 24.3 Å². The summed E-state index contributed by atoms with van der Waals surface area (Å²) < 4.78 is 0. The second-order valence-corrected chi connectivity index (χ2v) is 8.78. The standard InChI is InChI=1S/C21H27NO3/c1-13-3-5-16(6-4-13)21(12-19(24)25)17-7-15-8-18(21)11-20(9-15,10-17)22-14(2)23/h3-6,15,17-18H,7-12H2,1-2H3,(H,22,23)(H,24,25). The molecule has 4 heteroatoms. The smallest absolute Gasteiger partial charge is 0.304 e. The first-order valence-electron chi connectivity index (χ1n) is 9.41. The fourth-order valence-electron chi connectivity index (χ4n) is 6.60. The fourth-order valence-corrected chi connectivity index (χ4v) is 6.60. The minimum absolute atomic E-state index is 0.0427. The molecule has 1 aromatic rings. The van der Waals surface area contributed by atoms with Crippen molar-refractivity contribution < 1.29 is 14.7 Å². The number of aryl methyl sites for hydroxylation is 1. The van der Waals surface area contributed by atoms with Gasteiger partial charge in [-0.05, 0) is 62.3 Å².